The second kappa shape index (κ2) is 8.95. The Bertz CT molecular complexity index is 920. The van der Waals surface area contributed by atoms with E-state index in [0.29, 0.717) is 43.4 Å². The number of rotatable bonds is 8. The summed E-state index contributed by atoms with van der Waals surface area (Å²) >= 11 is 6.16. The second-order valence-corrected chi connectivity index (χ2v) is 7.47. The van der Waals surface area contributed by atoms with Crippen molar-refractivity contribution < 1.29 is 18.6 Å². The predicted octanol–water partition coefficient (Wildman–Crippen LogP) is 4.50. The van der Waals surface area contributed by atoms with Crippen LogP contribution >= 0.6 is 11.6 Å². The number of ether oxygens (including phenoxy) is 3. The number of aryl methyl sites for hydroxylation is 1. The number of aromatic nitrogens is 2. The minimum Gasteiger partial charge on any atom is -0.489 e. The third-order valence-corrected chi connectivity index (χ3v) is 5.18. The molecule has 7 heteroatoms. The van der Waals surface area contributed by atoms with Crippen LogP contribution in [0.25, 0.3) is 0 Å². The average Bonchev–Trinajstić information content (AvgIpc) is 3.38. The van der Waals surface area contributed by atoms with Gasteiger partial charge < -0.3 is 18.8 Å². The minimum atomic E-state index is -0.802. The smallest absolute Gasteiger partial charge is 0.187 e. The van der Waals surface area contributed by atoms with Crippen LogP contribution in [-0.4, -0.2) is 34.7 Å². The van der Waals surface area contributed by atoms with Crippen LogP contribution in [0.2, 0.25) is 5.02 Å². The molecule has 2 atom stereocenters. The largest absolute Gasteiger partial charge is 0.489 e. The second-order valence-electron chi connectivity index (χ2n) is 7.06. The van der Waals surface area contributed by atoms with E-state index < -0.39 is 5.79 Å². The molecule has 2 heterocycles. The van der Waals surface area contributed by atoms with E-state index in [4.69, 9.17) is 25.8 Å². The topological polar surface area (TPSA) is 45.5 Å². The van der Waals surface area contributed by atoms with Crippen LogP contribution in [0.1, 0.15) is 12.0 Å². The Morgan fingerprint density at radius 3 is 2.79 bits per heavy atom. The van der Waals surface area contributed by atoms with Crippen molar-refractivity contribution in [3.8, 4) is 5.75 Å². The molecular weight excluding hydrogens is 395 g/mol. The van der Waals surface area contributed by atoms with Gasteiger partial charge in [0.2, 0.25) is 0 Å². The number of imidazole rings is 1. The van der Waals surface area contributed by atoms with Gasteiger partial charge in [-0.15, -0.1) is 0 Å². The van der Waals surface area contributed by atoms with Gasteiger partial charge in [0.15, 0.2) is 5.79 Å². The highest BCUT2D eigenvalue weighted by atomic mass is 35.5. The minimum absolute atomic E-state index is 0.219. The maximum atomic E-state index is 13.2. The molecule has 0 saturated carbocycles. The van der Waals surface area contributed by atoms with Crippen molar-refractivity contribution in [2.75, 3.05) is 13.2 Å². The quantitative estimate of drug-likeness (QED) is 0.542. The Morgan fingerprint density at radius 2 is 2.03 bits per heavy atom. The van der Waals surface area contributed by atoms with E-state index in [1.54, 1.807) is 30.7 Å². The summed E-state index contributed by atoms with van der Waals surface area (Å²) in [6.45, 7) is 1.27. The normalized spacial score (nSPS) is 21.4. The van der Waals surface area contributed by atoms with Crippen LogP contribution in [-0.2, 0) is 22.4 Å². The third-order valence-electron chi connectivity index (χ3n) is 4.87. The molecule has 4 rings (SSSR count). The lowest BCUT2D eigenvalue weighted by Crippen LogP contribution is -2.37. The van der Waals surface area contributed by atoms with Crippen molar-refractivity contribution in [1.82, 2.24) is 9.55 Å². The SMILES string of the molecule is Fc1ccc(CCC2(Cn3ccnc3)OCC(COc3ccccc3Cl)O2)cc1. The zero-order valence-electron chi connectivity index (χ0n) is 15.8. The molecule has 2 unspecified atom stereocenters. The van der Waals surface area contributed by atoms with Crippen molar-refractivity contribution in [3.05, 3.63) is 83.7 Å². The number of hydrogen-bond acceptors (Lipinski definition) is 4. The van der Waals surface area contributed by atoms with E-state index in [0.717, 1.165) is 5.56 Å². The van der Waals surface area contributed by atoms with E-state index in [1.165, 1.54) is 12.1 Å². The first-order valence-corrected chi connectivity index (χ1v) is 9.89. The Balaban J connectivity index is 1.41. The van der Waals surface area contributed by atoms with Crippen LogP contribution in [0.3, 0.4) is 0 Å². The Kier molecular flexibility index (Phi) is 6.13. The lowest BCUT2D eigenvalue weighted by molar-refractivity contribution is -0.184. The lowest BCUT2D eigenvalue weighted by atomic mass is 10.0. The van der Waals surface area contributed by atoms with Gasteiger partial charge in [-0.05, 0) is 36.2 Å². The maximum absolute atomic E-state index is 13.2. The van der Waals surface area contributed by atoms with E-state index in [-0.39, 0.29) is 11.9 Å². The molecule has 1 aliphatic rings. The zero-order chi connectivity index (χ0) is 20.1. The van der Waals surface area contributed by atoms with Crippen molar-refractivity contribution in [2.45, 2.75) is 31.3 Å². The summed E-state index contributed by atoms with van der Waals surface area (Å²) in [5, 5.41) is 0.562. The molecule has 1 saturated heterocycles. The molecule has 0 N–H and O–H groups in total. The molecule has 0 radical (unpaired) electrons. The first-order valence-electron chi connectivity index (χ1n) is 9.51. The van der Waals surface area contributed by atoms with Gasteiger partial charge >= 0.3 is 0 Å². The van der Waals surface area contributed by atoms with E-state index in [9.17, 15) is 4.39 Å². The number of halogens is 2. The fourth-order valence-electron chi connectivity index (χ4n) is 3.38. The highest BCUT2D eigenvalue weighted by Crippen LogP contribution is 2.32. The number of nitrogens with zero attached hydrogens (tertiary/aromatic N) is 2. The molecule has 1 fully saturated rings. The van der Waals surface area contributed by atoms with Crippen LogP contribution in [0.5, 0.6) is 5.75 Å². The molecule has 29 heavy (non-hydrogen) atoms. The van der Waals surface area contributed by atoms with E-state index >= 15 is 0 Å². The molecule has 0 amide bonds. The third kappa shape index (κ3) is 5.15. The molecule has 1 aromatic heterocycles. The first kappa shape index (κ1) is 19.9. The highest BCUT2D eigenvalue weighted by Gasteiger charge is 2.42. The fraction of sp³-hybridized carbons (Fsp3) is 0.318. The number of benzene rings is 2. The fourth-order valence-corrected chi connectivity index (χ4v) is 3.57. The van der Waals surface area contributed by atoms with Gasteiger partial charge in [-0.2, -0.15) is 0 Å². The van der Waals surface area contributed by atoms with Gasteiger partial charge in [0.05, 0.1) is 24.5 Å². The van der Waals surface area contributed by atoms with Crippen molar-refractivity contribution in [1.29, 1.82) is 0 Å². The molecule has 0 bridgehead atoms. The highest BCUT2D eigenvalue weighted by molar-refractivity contribution is 6.32. The van der Waals surface area contributed by atoms with Crippen molar-refractivity contribution in [2.24, 2.45) is 0 Å². The van der Waals surface area contributed by atoms with Gasteiger partial charge in [0, 0.05) is 18.8 Å². The summed E-state index contributed by atoms with van der Waals surface area (Å²) < 4.78 is 33.4. The Hall–Kier alpha value is -2.41. The predicted molar refractivity (Wildman–Crippen MR) is 107 cm³/mol. The van der Waals surface area contributed by atoms with Crippen molar-refractivity contribution >= 4 is 11.6 Å². The zero-order valence-corrected chi connectivity index (χ0v) is 16.6. The summed E-state index contributed by atoms with van der Waals surface area (Å²) in [4.78, 5) is 4.10. The standard InChI is InChI=1S/C22H22ClFN2O3/c23-20-3-1-2-4-21(20)27-13-19-14-28-22(29-19,15-26-12-11-25-16-26)10-9-17-5-7-18(24)8-6-17/h1-8,11-12,16,19H,9-10,13-15H2. The monoisotopic (exact) mass is 416 g/mol. The first-order chi connectivity index (χ1) is 14.1. The number of para-hydroxylation sites is 1. The van der Waals surface area contributed by atoms with Gasteiger partial charge in [-0.1, -0.05) is 35.9 Å². The molecule has 1 aliphatic heterocycles. The molecule has 2 aromatic carbocycles. The maximum Gasteiger partial charge on any atom is 0.187 e. The summed E-state index contributed by atoms with van der Waals surface area (Å²) in [6.07, 6.45) is 6.44. The molecular formula is C22H22ClFN2O3. The Labute approximate surface area is 174 Å². The molecule has 152 valence electrons. The summed E-state index contributed by atoms with van der Waals surface area (Å²) in [5.74, 6) is -0.424. The van der Waals surface area contributed by atoms with E-state index in [1.807, 2.05) is 29.0 Å². The van der Waals surface area contributed by atoms with Gasteiger partial charge in [-0.25, -0.2) is 9.37 Å². The van der Waals surface area contributed by atoms with E-state index in [2.05, 4.69) is 4.98 Å². The molecule has 5 nitrogen and oxygen atoms in total. The van der Waals surface area contributed by atoms with Crippen LogP contribution in [0.15, 0.2) is 67.3 Å². The van der Waals surface area contributed by atoms with Gasteiger partial charge in [0.1, 0.15) is 24.3 Å². The van der Waals surface area contributed by atoms with Crippen LogP contribution in [0, 0.1) is 5.82 Å². The summed E-state index contributed by atoms with van der Waals surface area (Å²) in [7, 11) is 0. The Morgan fingerprint density at radius 1 is 1.21 bits per heavy atom. The van der Waals surface area contributed by atoms with Gasteiger partial charge in [0.25, 0.3) is 0 Å². The molecule has 0 aliphatic carbocycles. The lowest BCUT2D eigenvalue weighted by Gasteiger charge is -2.28. The van der Waals surface area contributed by atoms with Crippen LogP contribution in [0.4, 0.5) is 4.39 Å². The number of hydrogen-bond donors (Lipinski definition) is 0. The van der Waals surface area contributed by atoms with Crippen LogP contribution < -0.4 is 4.74 Å². The molecule has 3 aromatic rings. The van der Waals surface area contributed by atoms with Gasteiger partial charge in [-0.3, -0.25) is 0 Å². The molecule has 0 spiro atoms. The average molecular weight is 417 g/mol. The summed E-state index contributed by atoms with van der Waals surface area (Å²) in [6, 6.07) is 13.8. The summed E-state index contributed by atoms with van der Waals surface area (Å²) in [5.41, 5.74) is 1.03. The van der Waals surface area contributed by atoms with Crippen molar-refractivity contribution in [3.63, 3.8) is 0 Å².